The molecule has 3 N–H and O–H groups in total. The SMILES string of the molecule is CCN(C(=O)[C@@H](N)[C@@H](C)O)C(C)Cc1ccc2c(c1)OCO2. The summed E-state index contributed by atoms with van der Waals surface area (Å²) in [5.41, 5.74) is 6.83. The molecule has 22 heavy (non-hydrogen) atoms. The zero-order valence-electron chi connectivity index (χ0n) is 13.3. The first-order valence-corrected chi connectivity index (χ1v) is 7.56. The number of fused-ring (bicyclic) bond motifs is 1. The Labute approximate surface area is 130 Å². The largest absolute Gasteiger partial charge is 0.454 e. The van der Waals surface area contributed by atoms with Crippen molar-refractivity contribution in [2.45, 2.75) is 45.4 Å². The van der Waals surface area contributed by atoms with Crippen molar-refractivity contribution in [1.29, 1.82) is 0 Å². The van der Waals surface area contributed by atoms with Gasteiger partial charge in [0.25, 0.3) is 0 Å². The lowest BCUT2D eigenvalue weighted by molar-refractivity contribution is -0.136. The molecule has 0 fully saturated rings. The minimum absolute atomic E-state index is 0.0253. The van der Waals surface area contributed by atoms with Gasteiger partial charge < -0.3 is 25.2 Å². The topological polar surface area (TPSA) is 85.0 Å². The van der Waals surface area contributed by atoms with E-state index in [-0.39, 0.29) is 18.7 Å². The Bertz CT molecular complexity index is 533. The maximum atomic E-state index is 12.3. The second-order valence-corrected chi connectivity index (χ2v) is 5.63. The van der Waals surface area contributed by atoms with Gasteiger partial charge in [-0.1, -0.05) is 6.07 Å². The molecule has 6 heteroatoms. The van der Waals surface area contributed by atoms with E-state index in [1.165, 1.54) is 6.92 Å². The third-order valence-electron chi connectivity index (χ3n) is 3.93. The van der Waals surface area contributed by atoms with Crippen LogP contribution in [0.2, 0.25) is 0 Å². The normalized spacial score (nSPS) is 17.0. The van der Waals surface area contributed by atoms with Gasteiger partial charge in [0.15, 0.2) is 11.5 Å². The summed E-state index contributed by atoms with van der Waals surface area (Å²) in [5, 5.41) is 9.51. The molecule has 1 aliphatic rings. The maximum Gasteiger partial charge on any atom is 0.242 e. The van der Waals surface area contributed by atoms with Gasteiger partial charge in [0, 0.05) is 12.6 Å². The number of nitrogens with two attached hydrogens (primary N) is 1. The third-order valence-corrected chi connectivity index (χ3v) is 3.93. The molecule has 0 spiro atoms. The second-order valence-electron chi connectivity index (χ2n) is 5.63. The van der Waals surface area contributed by atoms with Crippen LogP contribution in [0.3, 0.4) is 0 Å². The lowest BCUT2D eigenvalue weighted by Gasteiger charge is -2.31. The number of likely N-dealkylation sites (N-methyl/N-ethyl adjacent to an activating group) is 1. The predicted octanol–water partition coefficient (Wildman–Crippen LogP) is 0.903. The molecule has 0 aliphatic carbocycles. The Morgan fingerprint density at radius 3 is 2.68 bits per heavy atom. The highest BCUT2D eigenvalue weighted by Gasteiger charge is 2.27. The molecule has 1 amide bonds. The molecule has 6 nitrogen and oxygen atoms in total. The van der Waals surface area contributed by atoms with E-state index in [9.17, 15) is 9.90 Å². The maximum absolute atomic E-state index is 12.3. The highest BCUT2D eigenvalue weighted by molar-refractivity contribution is 5.82. The second kappa shape index (κ2) is 6.98. The molecule has 0 saturated heterocycles. The molecule has 0 radical (unpaired) electrons. The standard InChI is InChI=1S/C16H24N2O4/c1-4-18(16(20)15(17)11(3)19)10(2)7-12-5-6-13-14(8-12)22-9-21-13/h5-6,8,10-11,15,19H,4,7,9,17H2,1-3H3/t10?,11-,15+/m1/s1. The van der Waals surface area contributed by atoms with Crippen LogP contribution in [-0.2, 0) is 11.2 Å². The first-order valence-electron chi connectivity index (χ1n) is 7.56. The fraction of sp³-hybridized carbons (Fsp3) is 0.562. The first kappa shape index (κ1) is 16.6. The van der Waals surface area contributed by atoms with E-state index in [0.29, 0.717) is 13.0 Å². The number of aliphatic hydroxyl groups excluding tert-OH is 1. The summed E-state index contributed by atoms with van der Waals surface area (Å²) in [4.78, 5) is 14.0. The first-order chi connectivity index (χ1) is 10.4. The number of aliphatic hydroxyl groups is 1. The fourth-order valence-electron chi connectivity index (χ4n) is 2.60. The van der Waals surface area contributed by atoms with Crippen molar-refractivity contribution in [2.24, 2.45) is 5.73 Å². The fourth-order valence-corrected chi connectivity index (χ4v) is 2.60. The van der Waals surface area contributed by atoms with Crippen LogP contribution < -0.4 is 15.2 Å². The summed E-state index contributed by atoms with van der Waals surface area (Å²) in [6.07, 6.45) is -0.178. The zero-order chi connectivity index (χ0) is 16.3. The molecule has 1 aromatic carbocycles. The Morgan fingerprint density at radius 2 is 2.05 bits per heavy atom. The van der Waals surface area contributed by atoms with E-state index in [1.807, 2.05) is 32.0 Å². The Kier molecular flexibility index (Phi) is 5.26. The van der Waals surface area contributed by atoms with E-state index >= 15 is 0 Å². The molecule has 1 unspecified atom stereocenters. The van der Waals surface area contributed by atoms with Gasteiger partial charge in [-0.25, -0.2) is 0 Å². The highest BCUT2D eigenvalue weighted by Crippen LogP contribution is 2.33. The van der Waals surface area contributed by atoms with Gasteiger partial charge in [0.2, 0.25) is 12.7 Å². The van der Waals surface area contributed by atoms with Crippen LogP contribution in [0, 0.1) is 0 Å². The summed E-state index contributed by atoms with van der Waals surface area (Å²) in [6.45, 7) is 6.20. The van der Waals surface area contributed by atoms with E-state index in [4.69, 9.17) is 15.2 Å². The van der Waals surface area contributed by atoms with Gasteiger partial charge in [-0.05, 0) is 44.9 Å². The summed E-state index contributed by atoms with van der Waals surface area (Å²) in [6, 6.07) is 4.87. The third kappa shape index (κ3) is 3.51. The van der Waals surface area contributed by atoms with Gasteiger partial charge >= 0.3 is 0 Å². The average molecular weight is 308 g/mol. The Balaban J connectivity index is 2.06. The molecular formula is C16H24N2O4. The number of amides is 1. The van der Waals surface area contributed by atoms with Gasteiger partial charge in [-0.15, -0.1) is 0 Å². The van der Waals surface area contributed by atoms with Gasteiger partial charge in [-0.3, -0.25) is 4.79 Å². The number of nitrogens with zero attached hydrogens (tertiary/aromatic N) is 1. The van der Waals surface area contributed by atoms with Crippen molar-refractivity contribution in [2.75, 3.05) is 13.3 Å². The van der Waals surface area contributed by atoms with Crippen molar-refractivity contribution in [3.8, 4) is 11.5 Å². The van der Waals surface area contributed by atoms with Gasteiger partial charge in [0.05, 0.1) is 6.10 Å². The summed E-state index contributed by atoms with van der Waals surface area (Å²) < 4.78 is 10.7. The lowest BCUT2D eigenvalue weighted by atomic mass is 10.0. The zero-order valence-corrected chi connectivity index (χ0v) is 13.3. The van der Waals surface area contributed by atoms with Crippen molar-refractivity contribution in [3.63, 3.8) is 0 Å². The smallest absolute Gasteiger partial charge is 0.242 e. The van der Waals surface area contributed by atoms with Crippen molar-refractivity contribution < 1.29 is 19.4 Å². The lowest BCUT2D eigenvalue weighted by Crippen LogP contribution is -2.52. The molecule has 0 saturated carbocycles. The number of carbonyl (C=O) groups is 1. The van der Waals surface area contributed by atoms with E-state index in [1.54, 1.807) is 4.90 Å². The monoisotopic (exact) mass is 308 g/mol. The van der Waals surface area contributed by atoms with E-state index in [0.717, 1.165) is 17.1 Å². The van der Waals surface area contributed by atoms with Crippen LogP contribution in [0.4, 0.5) is 0 Å². The average Bonchev–Trinajstić information content (AvgIpc) is 2.94. The van der Waals surface area contributed by atoms with Gasteiger partial charge in [-0.2, -0.15) is 0 Å². The molecule has 122 valence electrons. The van der Waals surface area contributed by atoms with E-state index in [2.05, 4.69) is 0 Å². The van der Waals surface area contributed by atoms with Crippen molar-refractivity contribution in [3.05, 3.63) is 23.8 Å². The van der Waals surface area contributed by atoms with Crippen LogP contribution >= 0.6 is 0 Å². The van der Waals surface area contributed by atoms with Crippen LogP contribution in [0.25, 0.3) is 0 Å². The van der Waals surface area contributed by atoms with Crippen molar-refractivity contribution in [1.82, 2.24) is 4.90 Å². The van der Waals surface area contributed by atoms with Crippen LogP contribution in [0.15, 0.2) is 18.2 Å². The number of carbonyl (C=O) groups excluding carboxylic acids is 1. The molecule has 2 rings (SSSR count). The molecule has 1 aliphatic heterocycles. The van der Waals surface area contributed by atoms with Gasteiger partial charge in [0.1, 0.15) is 6.04 Å². The van der Waals surface area contributed by atoms with Crippen LogP contribution in [-0.4, -0.2) is 47.4 Å². The molecular weight excluding hydrogens is 284 g/mol. The number of ether oxygens (including phenoxy) is 2. The Morgan fingerprint density at radius 1 is 1.36 bits per heavy atom. The molecule has 1 heterocycles. The summed E-state index contributed by atoms with van der Waals surface area (Å²) in [5.74, 6) is 1.25. The molecule has 1 aromatic rings. The predicted molar refractivity (Wildman–Crippen MR) is 82.8 cm³/mol. The molecule has 0 bridgehead atoms. The molecule has 3 atom stereocenters. The number of hydrogen-bond acceptors (Lipinski definition) is 5. The highest BCUT2D eigenvalue weighted by atomic mass is 16.7. The van der Waals surface area contributed by atoms with E-state index < -0.39 is 12.1 Å². The van der Waals surface area contributed by atoms with Crippen LogP contribution in [0.1, 0.15) is 26.3 Å². The minimum Gasteiger partial charge on any atom is -0.454 e. The number of benzene rings is 1. The Hall–Kier alpha value is -1.79. The van der Waals surface area contributed by atoms with Crippen molar-refractivity contribution >= 4 is 5.91 Å². The summed E-state index contributed by atoms with van der Waals surface area (Å²) in [7, 11) is 0. The van der Waals surface area contributed by atoms with Crippen LogP contribution in [0.5, 0.6) is 11.5 Å². The number of rotatable bonds is 6. The minimum atomic E-state index is -0.890. The quantitative estimate of drug-likeness (QED) is 0.816. The number of hydrogen-bond donors (Lipinski definition) is 2. The molecule has 0 aromatic heterocycles. The summed E-state index contributed by atoms with van der Waals surface area (Å²) >= 11 is 0.